The molecule has 0 spiro atoms. The number of rotatable bonds is 7. The van der Waals surface area contributed by atoms with E-state index in [4.69, 9.17) is 0 Å². The van der Waals surface area contributed by atoms with Crippen molar-refractivity contribution in [2.45, 2.75) is 59.1 Å². The van der Waals surface area contributed by atoms with Crippen molar-refractivity contribution in [3.05, 3.63) is 17.1 Å². The predicted molar refractivity (Wildman–Crippen MR) is 108 cm³/mol. The highest BCUT2D eigenvalue weighted by Crippen LogP contribution is 2.25. The van der Waals surface area contributed by atoms with Gasteiger partial charge in [-0.05, 0) is 54.6 Å². The Hall–Kier alpha value is -1.73. The van der Waals surface area contributed by atoms with E-state index in [1.54, 1.807) is 18.7 Å². The van der Waals surface area contributed by atoms with E-state index >= 15 is 0 Å². The molecule has 2 rings (SSSR count). The van der Waals surface area contributed by atoms with E-state index in [1.807, 2.05) is 20.8 Å². The number of anilines is 1. The standard InChI is InChI=1S/C20H35N5O2/c1-8-10-25(13-20(4,5)27)19(26)17-21-15(3)14(2)18(22-17)24-11-9-16(12-24)23(6)7/h16,27H,8-13H2,1-7H3/t16-/m1/s1. The summed E-state index contributed by atoms with van der Waals surface area (Å²) in [5.41, 5.74) is 0.897. The SMILES string of the molecule is CCCN(CC(C)(C)O)C(=O)c1nc(C)c(C)c(N2CC[C@@H](N(C)C)C2)n1. The average molecular weight is 378 g/mol. The van der Waals surface area contributed by atoms with Crippen LogP contribution in [0.3, 0.4) is 0 Å². The van der Waals surface area contributed by atoms with E-state index in [1.165, 1.54) is 0 Å². The first-order valence-electron chi connectivity index (χ1n) is 9.81. The van der Waals surface area contributed by atoms with Crippen molar-refractivity contribution in [1.29, 1.82) is 0 Å². The van der Waals surface area contributed by atoms with Gasteiger partial charge in [-0.3, -0.25) is 4.79 Å². The highest BCUT2D eigenvalue weighted by atomic mass is 16.3. The summed E-state index contributed by atoms with van der Waals surface area (Å²) in [7, 11) is 4.20. The van der Waals surface area contributed by atoms with Crippen LogP contribution >= 0.6 is 0 Å². The molecule has 7 nitrogen and oxygen atoms in total. The van der Waals surface area contributed by atoms with Crippen LogP contribution in [0.4, 0.5) is 5.82 Å². The second kappa shape index (κ2) is 8.52. The first-order chi connectivity index (χ1) is 12.5. The van der Waals surface area contributed by atoms with Crippen LogP contribution in [0.5, 0.6) is 0 Å². The molecular formula is C20H35N5O2. The Bertz CT molecular complexity index is 669. The fourth-order valence-corrected chi connectivity index (χ4v) is 3.50. The van der Waals surface area contributed by atoms with Crippen molar-refractivity contribution in [1.82, 2.24) is 19.8 Å². The molecule has 7 heteroatoms. The number of aromatic nitrogens is 2. The lowest BCUT2D eigenvalue weighted by Crippen LogP contribution is -2.43. The molecule has 0 aromatic carbocycles. The summed E-state index contributed by atoms with van der Waals surface area (Å²) in [6.07, 6.45) is 1.90. The molecule has 1 amide bonds. The van der Waals surface area contributed by atoms with Crippen molar-refractivity contribution in [3.8, 4) is 0 Å². The van der Waals surface area contributed by atoms with Gasteiger partial charge in [-0.1, -0.05) is 6.92 Å². The molecule has 152 valence electrons. The van der Waals surface area contributed by atoms with E-state index in [0.29, 0.717) is 12.6 Å². The van der Waals surface area contributed by atoms with E-state index in [-0.39, 0.29) is 18.3 Å². The molecule has 27 heavy (non-hydrogen) atoms. The Morgan fingerprint density at radius 1 is 1.30 bits per heavy atom. The number of nitrogens with zero attached hydrogens (tertiary/aromatic N) is 5. The van der Waals surface area contributed by atoms with Gasteiger partial charge in [0.25, 0.3) is 5.91 Å². The Balaban J connectivity index is 2.32. The minimum Gasteiger partial charge on any atom is -0.389 e. The van der Waals surface area contributed by atoms with E-state index in [2.05, 4.69) is 33.9 Å². The molecule has 0 radical (unpaired) electrons. The summed E-state index contributed by atoms with van der Waals surface area (Å²) in [5.74, 6) is 0.862. The first-order valence-corrected chi connectivity index (χ1v) is 9.81. The summed E-state index contributed by atoms with van der Waals surface area (Å²) in [6, 6.07) is 0.491. The third-order valence-electron chi connectivity index (χ3n) is 5.11. The van der Waals surface area contributed by atoms with Crippen LogP contribution in [0.15, 0.2) is 0 Å². The van der Waals surface area contributed by atoms with E-state index in [9.17, 15) is 9.90 Å². The molecule has 1 fully saturated rings. The highest BCUT2D eigenvalue weighted by Gasteiger charge is 2.29. The predicted octanol–water partition coefficient (Wildman–Crippen LogP) is 1.86. The fraction of sp³-hybridized carbons (Fsp3) is 0.750. The normalized spacial score (nSPS) is 17.7. The second-order valence-electron chi connectivity index (χ2n) is 8.47. The number of hydrogen-bond acceptors (Lipinski definition) is 6. The number of aryl methyl sites for hydroxylation is 1. The minimum atomic E-state index is -0.957. The van der Waals surface area contributed by atoms with Crippen LogP contribution < -0.4 is 4.90 Å². The van der Waals surface area contributed by atoms with Gasteiger partial charge in [0.2, 0.25) is 5.82 Å². The molecule has 0 unspecified atom stereocenters. The zero-order valence-corrected chi connectivity index (χ0v) is 17.9. The number of hydrogen-bond donors (Lipinski definition) is 1. The van der Waals surface area contributed by atoms with Crippen LogP contribution in [0.1, 0.15) is 55.5 Å². The van der Waals surface area contributed by atoms with Crippen molar-refractivity contribution < 1.29 is 9.90 Å². The zero-order valence-electron chi connectivity index (χ0n) is 17.9. The lowest BCUT2D eigenvalue weighted by molar-refractivity contribution is 0.0294. The number of carbonyl (C=O) groups excluding carboxylic acids is 1. The fourth-order valence-electron chi connectivity index (χ4n) is 3.50. The monoisotopic (exact) mass is 377 g/mol. The largest absolute Gasteiger partial charge is 0.389 e. The van der Waals surface area contributed by atoms with Gasteiger partial charge in [0.1, 0.15) is 5.82 Å². The maximum Gasteiger partial charge on any atom is 0.291 e. The molecule has 1 aliphatic heterocycles. The van der Waals surface area contributed by atoms with Crippen molar-refractivity contribution in [2.75, 3.05) is 45.2 Å². The van der Waals surface area contributed by atoms with Gasteiger partial charge in [-0.15, -0.1) is 0 Å². The number of amides is 1. The van der Waals surface area contributed by atoms with Gasteiger partial charge in [-0.25, -0.2) is 9.97 Å². The molecule has 1 saturated heterocycles. The molecule has 0 saturated carbocycles. The third-order valence-corrected chi connectivity index (χ3v) is 5.11. The van der Waals surface area contributed by atoms with Crippen LogP contribution in [0.25, 0.3) is 0 Å². The zero-order chi connectivity index (χ0) is 20.4. The quantitative estimate of drug-likeness (QED) is 0.782. The molecule has 0 aliphatic carbocycles. The number of carbonyl (C=O) groups is 1. The third kappa shape index (κ3) is 5.39. The summed E-state index contributed by atoms with van der Waals surface area (Å²) in [4.78, 5) is 28.4. The molecule has 1 aromatic heterocycles. The molecule has 1 aliphatic rings. The summed E-state index contributed by atoms with van der Waals surface area (Å²) < 4.78 is 0. The van der Waals surface area contributed by atoms with Gasteiger partial charge in [0.15, 0.2) is 0 Å². The molecule has 1 atom stereocenters. The Morgan fingerprint density at radius 2 is 1.96 bits per heavy atom. The lowest BCUT2D eigenvalue weighted by Gasteiger charge is -2.29. The van der Waals surface area contributed by atoms with E-state index < -0.39 is 5.60 Å². The van der Waals surface area contributed by atoms with Crippen LogP contribution in [-0.2, 0) is 0 Å². The topological polar surface area (TPSA) is 72.8 Å². The summed E-state index contributed by atoms with van der Waals surface area (Å²) >= 11 is 0. The van der Waals surface area contributed by atoms with E-state index in [0.717, 1.165) is 43.0 Å². The summed E-state index contributed by atoms with van der Waals surface area (Å²) in [5, 5.41) is 10.2. The molecule has 0 bridgehead atoms. The molecule has 2 heterocycles. The van der Waals surface area contributed by atoms with Gasteiger partial charge in [0.05, 0.1) is 5.60 Å². The highest BCUT2D eigenvalue weighted by molar-refractivity contribution is 5.91. The molecule has 1 aromatic rings. The van der Waals surface area contributed by atoms with Gasteiger partial charge in [-0.2, -0.15) is 0 Å². The van der Waals surface area contributed by atoms with Crippen LogP contribution in [0, 0.1) is 13.8 Å². The number of likely N-dealkylation sites (N-methyl/N-ethyl adjacent to an activating group) is 1. The van der Waals surface area contributed by atoms with Gasteiger partial charge < -0.3 is 19.8 Å². The van der Waals surface area contributed by atoms with Gasteiger partial charge in [0, 0.05) is 43.5 Å². The van der Waals surface area contributed by atoms with Crippen molar-refractivity contribution in [2.24, 2.45) is 0 Å². The average Bonchev–Trinajstić information content (AvgIpc) is 3.05. The van der Waals surface area contributed by atoms with Crippen molar-refractivity contribution in [3.63, 3.8) is 0 Å². The number of aliphatic hydroxyl groups is 1. The Morgan fingerprint density at radius 3 is 2.48 bits per heavy atom. The molecular weight excluding hydrogens is 342 g/mol. The summed E-state index contributed by atoms with van der Waals surface area (Å²) in [6.45, 7) is 12.0. The Labute approximate surface area is 163 Å². The molecule has 1 N–H and O–H groups in total. The van der Waals surface area contributed by atoms with Gasteiger partial charge >= 0.3 is 0 Å². The second-order valence-corrected chi connectivity index (χ2v) is 8.47. The van der Waals surface area contributed by atoms with Crippen LogP contribution in [0.2, 0.25) is 0 Å². The van der Waals surface area contributed by atoms with Crippen LogP contribution in [-0.4, -0.2) is 82.7 Å². The minimum absolute atomic E-state index is 0.216. The maximum absolute atomic E-state index is 13.1. The lowest BCUT2D eigenvalue weighted by atomic mass is 10.1. The van der Waals surface area contributed by atoms with Crippen molar-refractivity contribution >= 4 is 11.7 Å². The maximum atomic E-state index is 13.1. The smallest absolute Gasteiger partial charge is 0.291 e. The Kier molecular flexibility index (Phi) is 6.81. The first kappa shape index (κ1) is 21.6.